The summed E-state index contributed by atoms with van der Waals surface area (Å²) < 4.78 is 16.8. The number of amides is 1. The van der Waals surface area contributed by atoms with E-state index in [1.54, 1.807) is 6.07 Å². The Labute approximate surface area is 173 Å². The van der Waals surface area contributed by atoms with Gasteiger partial charge in [-0.25, -0.2) is 4.98 Å². The molecule has 1 saturated heterocycles. The van der Waals surface area contributed by atoms with E-state index in [-0.39, 0.29) is 5.91 Å². The van der Waals surface area contributed by atoms with Crippen molar-refractivity contribution in [2.24, 2.45) is 0 Å². The first kappa shape index (κ1) is 20.0. The molecule has 1 fully saturated rings. The Morgan fingerprint density at radius 3 is 2.93 bits per heavy atom. The maximum absolute atomic E-state index is 12.3. The number of oxazole rings is 1. The van der Waals surface area contributed by atoms with Crippen LogP contribution >= 0.6 is 11.8 Å². The molecule has 1 aromatic carbocycles. The molecule has 0 bridgehead atoms. The number of aromatic nitrogens is 1. The second-order valence-electron chi connectivity index (χ2n) is 7.23. The summed E-state index contributed by atoms with van der Waals surface area (Å²) in [5, 5.41) is 3.53. The van der Waals surface area contributed by atoms with Crippen LogP contribution in [0.3, 0.4) is 0 Å². The van der Waals surface area contributed by atoms with E-state index >= 15 is 0 Å². The second kappa shape index (κ2) is 9.47. The molecule has 1 amide bonds. The lowest BCUT2D eigenvalue weighted by molar-refractivity contribution is -0.908. The molecule has 0 atom stereocenters. The molecule has 0 spiro atoms. The van der Waals surface area contributed by atoms with Crippen molar-refractivity contribution >= 4 is 28.8 Å². The maximum Gasteiger partial charge on any atom is 0.286 e. The van der Waals surface area contributed by atoms with E-state index in [0.29, 0.717) is 23.3 Å². The zero-order valence-corrected chi connectivity index (χ0v) is 17.3. The van der Waals surface area contributed by atoms with Gasteiger partial charge in [-0.15, -0.1) is 0 Å². The number of nitrogens with zero attached hydrogens (tertiary/aromatic N) is 1. The van der Waals surface area contributed by atoms with Crippen molar-refractivity contribution in [3.8, 4) is 0 Å². The maximum atomic E-state index is 12.3. The van der Waals surface area contributed by atoms with Crippen LogP contribution in [0.5, 0.6) is 0 Å². The number of carbonyl (C=O) groups excluding carboxylic acids is 1. The van der Waals surface area contributed by atoms with Gasteiger partial charge in [-0.2, -0.15) is 0 Å². The normalized spacial score (nSPS) is 15.1. The molecule has 2 N–H and O–H groups in total. The highest BCUT2D eigenvalue weighted by Crippen LogP contribution is 2.27. The summed E-state index contributed by atoms with van der Waals surface area (Å²) >= 11 is 1.45. The van der Waals surface area contributed by atoms with Crippen LogP contribution in [-0.4, -0.2) is 50.3 Å². The van der Waals surface area contributed by atoms with Crippen LogP contribution in [-0.2, 0) is 10.5 Å². The predicted molar refractivity (Wildman–Crippen MR) is 110 cm³/mol. The number of fused-ring (bicyclic) bond motifs is 1. The number of nitrogens with one attached hydrogen (secondary N) is 2. The van der Waals surface area contributed by atoms with Crippen molar-refractivity contribution in [3.05, 3.63) is 47.4 Å². The lowest BCUT2D eigenvalue weighted by atomic mass is 10.2. The number of rotatable bonds is 8. The van der Waals surface area contributed by atoms with Gasteiger partial charge in [0.1, 0.15) is 24.4 Å². The van der Waals surface area contributed by atoms with Gasteiger partial charge in [0.25, 0.3) is 11.1 Å². The van der Waals surface area contributed by atoms with Gasteiger partial charge in [-0.1, -0.05) is 17.8 Å². The van der Waals surface area contributed by atoms with Gasteiger partial charge in [0.2, 0.25) is 0 Å². The fourth-order valence-electron chi connectivity index (χ4n) is 3.33. The third-order valence-electron chi connectivity index (χ3n) is 4.94. The Bertz CT molecular complexity index is 962. The van der Waals surface area contributed by atoms with Crippen molar-refractivity contribution in [2.75, 3.05) is 39.4 Å². The number of aryl methyl sites for hydroxylation is 1. The zero-order chi connectivity index (χ0) is 20.1. The number of hydrogen-bond donors (Lipinski definition) is 2. The van der Waals surface area contributed by atoms with E-state index in [4.69, 9.17) is 13.6 Å². The molecule has 4 rings (SSSR count). The van der Waals surface area contributed by atoms with Crippen molar-refractivity contribution < 1.29 is 23.3 Å². The van der Waals surface area contributed by atoms with E-state index in [9.17, 15) is 4.79 Å². The van der Waals surface area contributed by atoms with E-state index in [0.717, 1.165) is 61.7 Å². The highest BCUT2D eigenvalue weighted by molar-refractivity contribution is 7.98. The number of furan rings is 1. The lowest BCUT2D eigenvalue weighted by Crippen LogP contribution is -3.14. The topological polar surface area (TPSA) is 81.9 Å². The fourth-order valence-corrected chi connectivity index (χ4v) is 4.06. The molecule has 0 radical (unpaired) electrons. The monoisotopic (exact) mass is 416 g/mol. The molecule has 0 unspecified atom stereocenters. The molecule has 1 aliphatic rings. The van der Waals surface area contributed by atoms with Crippen LogP contribution in [0.25, 0.3) is 11.1 Å². The number of benzene rings is 1. The standard InChI is InChI=1S/C21H25N3O4S/c1-15-3-5-18-17(13-15)23-21(28-18)29-14-16-4-6-19(27-16)20(25)22-7-2-8-24-9-11-26-12-10-24/h3-6,13H,2,7-12,14H2,1H3,(H,22,25)/p+1. The number of carbonyl (C=O) groups is 1. The van der Waals surface area contributed by atoms with Gasteiger partial charge in [0.15, 0.2) is 11.3 Å². The fraction of sp³-hybridized carbons (Fsp3) is 0.429. The third kappa shape index (κ3) is 5.41. The largest absolute Gasteiger partial charge is 0.455 e. The zero-order valence-electron chi connectivity index (χ0n) is 16.5. The number of hydrogen-bond acceptors (Lipinski definition) is 6. The molecule has 0 aliphatic carbocycles. The van der Waals surface area contributed by atoms with Crippen LogP contribution in [0.2, 0.25) is 0 Å². The Kier molecular flexibility index (Phi) is 6.53. The molecular weight excluding hydrogens is 390 g/mol. The average molecular weight is 417 g/mol. The Morgan fingerprint density at radius 1 is 1.21 bits per heavy atom. The van der Waals surface area contributed by atoms with Crippen molar-refractivity contribution in [1.29, 1.82) is 0 Å². The van der Waals surface area contributed by atoms with Gasteiger partial charge >= 0.3 is 0 Å². The summed E-state index contributed by atoms with van der Waals surface area (Å²) in [6.45, 7) is 7.49. The summed E-state index contributed by atoms with van der Waals surface area (Å²) in [6, 6.07) is 9.47. The summed E-state index contributed by atoms with van der Waals surface area (Å²) in [6.07, 6.45) is 0.946. The second-order valence-corrected chi connectivity index (χ2v) is 8.15. The van der Waals surface area contributed by atoms with Gasteiger partial charge in [0, 0.05) is 13.0 Å². The molecule has 8 heteroatoms. The Hall–Kier alpha value is -2.29. The van der Waals surface area contributed by atoms with E-state index < -0.39 is 0 Å². The average Bonchev–Trinajstić information content (AvgIpc) is 3.36. The van der Waals surface area contributed by atoms with Crippen molar-refractivity contribution in [3.63, 3.8) is 0 Å². The minimum atomic E-state index is -0.171. The smallest absolute Gasteiger partial charge is 0.286 e. The first-order valence-electron chi connectivity index (χ1n) is 9.95. The molecule has 29 heavy (non-hydrogen) atoms. The predicted octanol–water partition coefficient (Wildman–Crippen LogP) is 2.06. The molecule has 0 saturated carbocycles. The minimum Gasteiger partial charge on any atom is -0.455 e. The SMILES string of the molecule is Cc1ccc2oc(SCc3ccc(C(=O)NCCC[NH+]4CCOCC4)o3)nc2c1. The Morgan fingerprint density at radius 2 is 2.07 bits per heavy atom. The Balaban J connectivity index is 1.22. The van der Waals surface area contributed by atoms with E-state index in [1.807, 2.05) is 31.2 Å². The minimum absolute atomic E-state index is 0.171. The van der Waals surface area contributed by atoms with Gasteiger partial charge < -0.3 is 23.8 Å². The highest BCUT2D eigenvalue weighted by atomic mass is 32.2. The van der Waals surface area contributed by atoms with Crippen LogP contribution in [0.1, 0.15) is 28.3 Å². The van der Waals surface area contributed by atoms with Gasteiger partial charge in [-0.3, -0.25) is 4.79 Å². The van der Waals surface area contributed by atoms with Crippen LogP contribution < -0.4 is 10.2 Å². The number of thioether (sulfide) groups is 1. The van der Waals surface area contributed by atoms with E-state index in [1.165, 1.54) is 16.7 Å². The first-order chi connectivity index (χ1) is 14.2. The summed E-state index contributed by atoms with van der Waals surface area (Å²) in [4.78, 5) is 18.3. The molecule has 154 valence electrons. The highest BCUT2D eigenvalue weighted by Gasteiger charge is 2.15. The van der Waals surface area contributed by atoms with Gasteiger partial charge in [0.05, 0.1) is 25.5 Å². The molecular formula is C21H26N3O4S+. The van der Waals surface area contributed by atoms with Gasteiger partial charge in [-0.05, 0) is 36.8 Å². The lowest BCUT2D eigenvalue weighted by Gasteiger charge is -2.23. The molecule has 3 heterocycles. The quantitative estimate of drug-likeness (QED) is 0.432. The van der Waals surface area contributed by atoms with Crippen LogP contribution in [0.15, 0.2) is 44.4 Å². The van der Waals surface area contributed by atoms with Crippen LogP contribution in [0.4, 0.5) is 0 Å². The van der Waals surface area contributed by atoms with Crippen molar-refractivity contribution in [2.45, 2.75) is 24.3 Å². The molecule has 3 aromatic rings. The number of morpholine rings is 1. The van der Waals surface area contributed by atoms with E-state index in [2.05, 4.69) is 10.3 Å². The first-order valence-corrected chi connectivity index (χ1v) is 10.9. The summed E-state index contributed by atoms with van der Waals surface area (Å²) in [5.41, 5.74) is 2.78. The third-order valence-corrected chi connectivity index (χ3v) is 5.79. The van der Waals surface area contributed by atoms with Crippen molar-refractivity contribution in [1.82, 2.24) is 10.3 Å². The molecule has 1 aliphatic heterocycles. The van der Waals surface area contributed by atoms with Crippen LogP contribution in [0, 0.1) is 6.92 Å². The summed E-state index contributed by atoms with van der Waals surface area (Å²) in [7, 11) is 0. The number of ether oxygens (including phenoxy) is 1. The molecule has 7 nitrogen and oxygen atoms in total. The summed E-state index contributed by atoms with van der Waals surface area (Å²) in [5.74, 6) is 1.44. The molecule has 2 aromatic heterocycles. The number of quaternary nitrogens is 1.